The van der Waals surface area contributed by atoms with Crippen molar-refractivity contribution < 1.29 is 27.6 Å². The Morgan fingerprint density at radius 1 is 0.950 bits per heavy atom. The first-order chi connectivity index (χ1) is 19.2. The van der Waals surface area contributed by atoms with Gasteiger partial charge in [0.2, 0.25) is 11.8 Å². The Bertz CT molecular complexity index is 1220. The van der Waals surface area contributed by atoms with Gasteiger partial charge in [-0.15, -0.1) is 0 Å². The number of para-hydroxylation sites is 1. The number of likely N-dealkylation sites (tertiary alicyclic amines) is 1. The number of hydrogen-bond acceptors (Lipinski definition) is 4. The molecule has 2 aromatic carbocycles. The van der Waals surface area contributed by atoms with Crippen molar-refractivity contribution in [1.29, 1.82) is 0 Å². The fraction of sp³-hybridized carbons (Fsp3) is 0.500. The molecule has 3 fully saturated rings. The quantitative estimate of drug-likeness (QED) is 0.566. The smallest absolute Gasteiger partial charge is 0.350 e. The molecule has 1 N–H and O–H groups in total. The van der Waals surface area contributed by atoms with E-state index < -0.39 is 23.2 Å². The van der Waals surface area contributed by atoms with E-state index in [9.17, 15) is 27.6 Å². The predicted molar refractivity (Wildman–Crippen MR) is 144 cm³/mol. The summed E-state index contributed by atoms with van der Waals surface area (Å²) < 4.78 is 39.1. The Morgan fingerprint density at radius 3 is 2.33 bits per heavy atom. The minimum Gasteiger partial charge on any atom is -0.350 e. The molecule has 2 aromatic rings. The van der Waals surface area contributed by atoms with Gasteiger partial charge in [0.25, 0.3) is 5.91 Å². The number of anilines is 1. The summed E-state index contributed by atoms with van der Waals surface area (Å²) in [5.74, 6) is -0.336. The van der Waals surface area contributed by atoms with Gasteiger partial charge in [0.15, 0.2) is 0 Å². The van der Waals surface area contributed by atoms with Crippen molar-refractivity contribution in [3.05, 3.63) is 65.7 Å². The van der Waals surface area contributed by atoms with E-state index in [-0.39, 0.29) is 37.5 Å². The number of benzene rings is 2. The Kier molecular flexibility index (Phi) is 8.05. The molecule has 0 bridgehead atoms. The number of alkyl halides is 3. The number of amides is 3. The monoisotopic (exact) mass is 556 g/mol. The Morgan fingerprint density at radius 2 is 1.65 bits per heavy atom. The van der Waals surface area contributed by atoms with Gasteiger partial charge in [0.05, 0.1) is 12.2 Å². The molecular weight excluding hydrogens is 521 g/mol. The number of carbonyl (C=O) groups is 3. The molecule has 0 radical (unpaired) electrons. The number of nitrogens with zero attached hydrogens (tertiary/aromatic N) is 3. The summed E-state index contributed by atoms with van der Waals surface area (Å²) in [6.45, 7) is 0.917. The highest BCUT2D eigenvalue weighted by Gasteiger charge is 2.54. The van der Waals surface area contributed by atoms with Crippen molar-refractivity contribution >= 4 is 23.4 Å². The van der Waals surface area contributed by atoms with E-state index in [0.29, 0.717) is 31.5 Å². The van der Waals surface area contributed by atoms with Crippen LogP contribution in [0, 0.1) is 5.92 Å². The normalized spacial score (nSPS) is 19.8. The third-order valence-electron chi connectivity index (χ3n) is 8.52. The maximum Gasteiger partial charge on any atom is 0.416 e. The van der Waals surface area contributed by atoms with Crippen molar-refractivity contribution in [2.45, 2.75) is 63.2 Å². The molecule has 3 aliphatic rings. The zero-order chi connectivity index (χ0) is 28.3. The molecule has 2 heterocycles. The van der Waals surface area contributed by atoms with E-state index in [4.69, 9.17) is 0 Å². The second-order valence-corrected chi connectivity index (χ2v) is 11.1. The lowest BCUT2D eigenvalue weighted by molar-refractivity contribution is -0.142. The number of halogens is 3. The Balaban J connectivity index is 1.26. The fourth-order valence-corrected chi connectivity index (χ4v) is 6.31. The van der Waals surface area contributed by atoms with E-state index in [1.165, 1.54) is 23.5 Å². The molecule has 2 saturated heterocycles. The largest absolute Gasteiger partial charge is 0.416 e. The zero-order valence-electron chi connectivity index (χ0n) is 22.5. The molecule has 40 heavy (non-hydrogen) atoms. The van der Waals surface area contributed by atoms with E-state index in [2.05, 4.69) is 5.32 Å². The maximum absolute atomic E-state index is 13.9. The van der Waals surface area contributed by atoms with Crippen molar-refractivity contribution in [2.24, 2.45) is 5.92 Å². The van der Waals surface area contributed by atoms with Crippen molar-refractivity contribution in [3.63, 3.8) is 0 Å². The van der Waals surface area contributed by atoms with Gasteiger partial charge in [-0.25, -0.2) is 0 Å². The highest BCUT2D eigenvalue weighted by Crippen LogP contribution is 2.40. The Labute approximate surface area is 232 Å². The summed E-state index contributed by atoms with van der Waals surface area (Å²) in [5, 5.41) is 2.66. The molecule has 2 aliphatic heterocycles. The third-order valence-corrected chi connectivity index (χ3v) is 8.52. The molecule has 1 saturated carbocycles. The second kappa shape index (κ2) is 11.5. The summed E-state index contributed by atoms with van der Waals surface area (Å²) in [6, 6.07) is 14.4. The standard InChI is InChI=1S/C30H35F3N4O3/c31-30(32,33)24-11-7-8-22(18-24)19-34-26(38)20-36-21-37(25-12-5-2-6-13-25)29(28(36)40)14-16-35(17-15-29)27(39)23-9-3-1-4-10-23/h2,5-8,11-13,18,23H,1,3-4,9-10,14-17,19-21H2,(H,34,38). The molecular formula is C30H35F3N4O3. The van der Waals surface area contributed by atoms with Gasteiger partial charge in [-0.3, -0.25) is 14.4 Å². The summed E-state index contributed by atoms with van der Waals surface area (Å²) in [4.78, 5) is 45.3. The molecule has 5 rings (SSSR count). The van der Waals surface area contributed by atoms with E-state index in [1.54, 1.807) is 0 Å². The van der Waals surface area contributed by atoms with Crippen LogP contribution in [0.3, 0.4) is 0 Å². The molecule has 0 unspecified atom stereocenters. The third kappa shape index (κ3) is 5.81. The molecule has 7 nitrogen and oxygen atoms in total. The molecule has 1 aliphatic carbocycles. The van der Waals surface area contributed by atoms with Crippen LogP contribution in [0.5, 0.6) is 0 Å². The predicted octanol–water partition coefficient (Wildman–Crippen LogP) is 4.57. The van der Waals surface area contributed by atoms with Gasteiger partial charge in [0, 0.05) is 31.2 Å². The van der Waals surface area contributed by atoms with Crippen LogP contribution in [0.1, 0.15) is 56.1 Å². The SMILES string of the molecule is O=C(CN1CN(c2ccccc2)C2(CCN(C(=O)C3CCCCC3)CC2)C1=O)NCc1cccc(C(F)(F)F)c1. The number of nitrogens with one attached hydrogen (secondary N) is 1. The average Bonchev–Trinajstić information content (AvgIpc) is 3.23. The lowest BCUT2D eigenvalue weighted by atomic mass is 9.83. The van der Waals surface area contributed by atoms with Crippen molar-refractivity contribution in [2.75, 3.05) is 31.2 Å². The van der Waals surface area contributed by atoms with Crippen LogP contribution in [0.15, 0.2) is 54.6 Å². The molecule has 0 atom stereocenters. The van der Waals surface area contributed by atoms with Crippen LogP contribution >= 0.6 is 0 Å². The lowest BCUT2D eigenvalue weighted by Crippen LogP contribution is -2.58. The van der Waals surface area contributed by atoms with Gasteiger partial charge in [-0.05, 0) is 55.5 Å². The van der Waals surface area contributed by atoms with Gasteiger partial charge in [0.1, 0.15) is 12.1 Å². The highest BCUT2D eigenvalue weighted by atomic mass is 19.4. The van der Waals surface area contributed by atoms with E-state index in [0.717, 1.165) is 43.5 Å². The number of piperidine rings is 1. The van der Waals surface area contributed by atoms with Crippen molar-refractivity contribution in [1.82, 2.24) is 15.1 Å². The van der Waals surface area contributed by atoms with Crippen LogP contribution in [0.25, 0.3) is 0 Å². The molecule has 10 heteroatoms. The number of hydrogen-bond donors (Lipinski definition) is 1. The number of rotatable bonds is 6. The minimum absolute atomic E-state index is 0.0729. The van der Waals surface area contributed by atoms with Crippen LogP contribution in [-0.4, -0.2) is 59.4 Å². The Hall–Kier alpha value is -3.56. The van der Waals surface area contributed by atoms with Gasteiger partial charge in [-0.2, -0.15) is 13.2 Å². The minimum atomic E-state index is -4.46. The van der Waals surface area contributed by atoms with Crippen LogP contribution in [-0.2, 0) is 27.1 Å². The first kappa shape index (κ1) is 28.0. The van der Waals surface area contributed by atoms with Gasteiger partial charge < -0.3 is 20.0 Å². The fourth-order valence-electron chi connectivity index (χ4n) is 6.31. The maximum atomic E-state index is 13.9. The second-order valence-electron chi connectivity index (χ2n) is 11.1. The average molecular weight is 557 g/mol. The van der Waals surface area contributed by atoms with Crippen LogP contribution in [0.4, 0.5) is 18.9 Å². The lowest BCUT2D eigenvalue weighted by Gasteiger charge is -2.44. The molecule has 3 amide bonds. The van der Waals surface area contributed by atoms with E-state index >= 15 is 0 Å². The first-order valence-corrected chi connectivity index (χ1v) is 14.0. The topological polar surface area (TPSA) is 73.0 Å². The van der Waals surface area contributed by atoms with Gasteiger partial charge >= 0.3 is 6.18 Å². The molecule has 214 valence electrons. The van der Waals surface area contributed by atoms with E-state index in [1.807, 2.05) is 40.1 Å². The molecule has 0 aromatic heterocycles. The summed E-state index contributed by atoms with van der Waals surface area (Å²) in [5.41, 5.74) is -0.433. The number of carbonyl (C=O) groups excluding carboxylic acids is 3. The zero-order valence-corrected chi connectivity index (χ0v) is 22.5. The summed E-state index contributed by atoms with van der Waals surface area (Å²) >= 11 is 0. The summed E-state index contributed by atoms with van der Waals surface area (Å²) in [6.07, 6.45) is 1.68. The molecule has 1 spiro atoms. The first-order valence-electron chi connectivity index (χ1n) is 14.0. The van der Waals surface area contributed by atoms with Crippen molar-refractivity contribution in [3.8, 4) is 0 Å². The van der Waals surface area contributed by atoms with Crippen LogP contribution < -0.4 is 10.2 Å². The summed E-state index contributed by atoms with van der Waals surface area (Å²) in [7, 11) is 0. The highest BCUT2D eigenvalue weighted by molar-refractivity contribution is 5.96. The van der Waals surface area contributed by atoms with Gasteiger partial charge in [-0.1, -0.05) is 49.6 Å². The van der Waals surface area contributed by atoms with Crippen LogP contribution in [0.2, 0.25) is 0 Å².